The van der Waals surface area contributed by atoms with Gasteiger partial charge in [-0.2, -0.15) is 0 Å². The lowest BCUT2D eigenvalue weighted by atomic mass is 9.84. The quantitative estimate of drug-likeness (QED) is 0.157. The molecule has 0 amide bonds. The monoisotopic (exact) mass is 984 g/mol. The summed E-state index contributed by atoms with van der Waals surface area (Å²) in [5.74, 6) is 0. The van der Waals surface area contributed by atoms with E-state index in [4.69, 9.17) is 0 Å². The maximum atomic E-state index is 2.51. The van der Waals surface area contributed by atoms with Gasteiger partial charge in [0.05, 0.1) is 11.4 Å². The first-order valence-corrected chi connectivity index (χ1v) is 27.4. The minimum atomic E-state index is 0.0572. The molecule has 1 nitrogen and oxygen atoms in total. The van der Waals surface area contributed by atoms with E-state index in [1.165, 1.54) is 110 Å². The average Bonchev–Trinajstić information content (AvgIpc) is 3.36. The molecule has 9 aromatic rings. The van der Waals surface area contributed by atoms with Gasteiger partial charge in [-0.3, -0.25) is 0 Å². The Morgan fingerprint density at radius 3 is 0.730 bits per heavy atom. The van der Waals surface area contributed by atoms with E-state index in [9.17, 15) is 0 Å². The molecule has 0 saturated carbocycles. The molecule has 1 aliphatic rings. The average molecular weight is 984 g/mol. The van der Waals surface area contributed by atoms with Crippen LogP contribution < -0.4 is 4.90 Å². The smallest absolute Gasteiger partial charge is 0.0601 e. The maximum absolute atomic E-state index is 2.51. The second kappa shape index (κ2) is 19.1. The van der Waals surface area contributed by atoms with E-state index in [1.54, 1.807) is 0 Å². The first-order chi connectivity index (χ1) is 34.9. The fourth-order valence-corrected chi connectivity index (χ4v) is 11.5. The second-order valence-electron chi connectivity index (χ2n) is 25.1. The first-order valence-electron chi connectivity index (χ1n) is 26.5. The van der Waals surface area contributed by atoms with Gasteiger partial charge in [0.2, 0.25) is 0 Å². The summed E-state index contributed by atoms with van der Waals surface area (Å²) < 4.78 is 0. The zero-order chi connectivity index (χ0) is 52.5. The van der Waals surface area contributed by atoms with Crippen molar-refractivity contribution in [2.24, 2.45) is 0 Å². The Labute approximate surface area is 447 Å². The number of hydrogen-bond donors (Lipinski definition) is 0. The van der Waals surface area contributed by atoms with Crippen molar-refractivity contribution in [3.05, 3.63) is 221 Å². The van der Waals surface area contributed by atoms with Crippen LogP contribution in [-0.2, 0) is 21.7 Å². The van der Waals surface area contributed by atoms with Crippen LogP contribution in [0.1, 0.15) is 116 Å². The minimum absolute atomic E-state index is 0.0572. The molecule has 0 unspecified atom stereocenters. The van der Waals surface area contributed by atoms with Crippen LogP contribution in [0.3, 0.4) is 0 Å². The lowest BCUT2D eigenvalue weighted by Gasteiger charge is -2.34. The summed E-state index contributed by atoms with van der Waals surface area (Å²) in [4.78, 5) is 5.03. The van der Waals surface area contributed by atoms with Gasteiger partial charge in [-0.25, -0.2) is 0 Å². The van der Waals surface area contributed by atoms with E-state index in [-0.39, 0.29) is 21.7 Å². The second-order valence-corrected chi connectivity index (χ2v) is 26.1. The number of rotatable bonds is 7. The number of fused-ring (bicyclic) bond motifs is 2. The summed E-state index contributed by atoms with van der Waals surface area (Å²) in [5, 5.41) is 0. The van der Waals surface area contributed by atoms with E-state index in [0.29, 0.717) is 0 Å². The molecule has 74 heavy (non-hydrogen) atoms. The van der Waals surface area contributed by atoms with E-state index in [1.807, 2.05) is 11.8 Å². The Morgan fingerprint density at radius 2 is 0.486 bits per heavy atom. The number of anilines is 3. The van der Waals surface area contributed by atoms with Crippen molar-refractivity contribution in [3.8, 4) is 66.8 Å². The fraction of sp³-hybridized carbons (Fsp3) is 0.250. The highest BCUT2D eigenvalue weighted by atomic mass is 32.2. The molecular formula is C72H73NS. The van der Waals surface area contributed by atoms with Gasteiger partial charge >= 0.3 is 0 Å². The van der Waals surface area contributed by atoms with Gasteiger partial charge in [0.15, 0.2) is 0 Å². The fourth-order valence-electron chi connectivity index (χ4n) is 10.3. The van der Waals surface area contributed by atoms with Crippen molar-refractivity contribution >= 4 is 28.8 Å². The lowest BCUT2D eigenvalue weighted by molar-refractivity contribution is 0.590. The molecule has 0 saturated heterocycles. The van der Waals surface area contributed by atoms with Gasteiger partial charge in [-0.15, -0.1) is 0 Å². The van der Waals surface area contributed by atoms with Crippen LogP contribution in [0, 0.1) is 13.8 Å². The van der Waals surface area contributed by atoms with Crippen LogP contribution in [0.4, 0.5) is 17.1 Å². The van der Waals surface area contributed by atoms with Gasteiger partial charge in [0.25, 0.3) is 0 Å². The van der Waals surface area contributed by atoms with Crippen molar-refractivity contribution in [1.82, 2.24) is 0 Å². The molecule has 0 radical (unpaired) electrons. The predicted octanol–water partition coefficient (Wildman–Crippen LogP) is 21.4. The van der Waals surface area contributed by atoms with Crippen molar-refractivity contribution in [1.29, 1.82) is 0 Å². The van der Waals surface area contributed by atoms with Crippen molar-refractivity contribution < 1.29 is 0 Å². The standard InChI is InChI=1S/C72H73NS/c1-46-15-33-65-67(35-46)74-68-36-47(2)16-34-66(68)73(65)64-44-58(56-39-52(48-17-25-60(26-18-48)69(3,4)5)37-53(40-56)49-19-27-61(28-20-49)70(6,7)8)43-59(45-64)57-41-54(50-21-29-62(30-22-50)71(9,10)11)38-55(42-57)51-23-31-63(32-24-51)72(12,13)14/h15-45H,1-14H3. The van der Waals surface area contributed by atoms with Crippen molar-refractivity contribution in [2.75, 3.05) is 4.90 Å². The first kappa shape index (κ1) is 50.7. The van der Waals surface area contributed by atoms with Gasteiger partial charge in [-0.05, 0) is 215 Å². The molecule has 9 aromatic carbocycles. The van der Waals surface area contributed by atoms with Crippen LogP contribution in [0.25, 0.3) is 66.8 Å². The summed E-state index contributed by atoms with van der Waals surface area (Å²) in [7, 11) is 0. The van der Waals surface area contributed by atoms with E-state index < -0.39 is 0 Å². The summed E-state index contributed by atoms with van der Waals surface area (Å²) >= 11 is 1.88. The summed E-state index contributed by atoms with van der Waals surface area (Å²) in [6.45, 7) is 31.9. The van der Waals surface area contributed by atoms with Crippen molar-refractivity contribution in [3.63, 3.8) is 0 Å². The summed E-state index contributed by atoms with van der Waals surface area (Å²) in [6, 6.07) is 72.5. The minimum Gasteiger partial charge on any atom is -0.308 e. The van der Waals surface area contributed by atoms with E-state index in [2.05, 4.69) is 290 Å². The van der Waals surface area contributed by atoms with Crippen LogP contribution in [0.2, 0.25) is 0 Å². The maximum Gasteiger partial charge on any atom is 0.0601 e. The molecule has 0 atom stereocenters. The zero-order valence-electron chi connectivity index (χ0n) is 46.3. The highest BCUT2D eigenvalue weighted by Gasteiger charge is 2.27. The zero-order valence-corrected chi connectivity index (χ0v) is 47.1. The molecule has 2 heteroatoms. The molecule has 10 rings (SSSR count). The Balaban J connectivity index is 1.24. The third-order valence-electron chi connectivity index (χ3n) is 15.0. The number of hydrogen-bond acceptors (Lipinski definition) is 2. The van der Waals surface area contributed by atoms with Crippen LogP contribution in [0.15, 0.2) is 198 Å². The summed E-state index contributed by atoms with van der Waals surface area (Å²) in [6.07, 6.45) is 0. The third kappa shape index (κ3) is 10.6. The van der Waals surface area contributed by atoms with Gasteiger partial charge < -0.3 is 4.90 Å². The van der Waals surface area contributed by atoms with E-state index in [0.717, 1.165) is 16.8 Å². The summed E-state index contributed by atoms with van der Waals surface area (Å²) in [5.41, 5.74) is 25.9. The molecule has 0 bridgehead atoms. The molecule has 1 aliphatic heterocycles. The van der Waals surface area contributed by atoms with Crippen molar-refractivity contribution in [2.45, 2.75) is 128 Å². The molecule has 0 spiro atoms. The normalized spacial score (nSPS) is 12.9. The largest absolute Gasteiger partial charge is 0.308 e. The number of nitrogens with zero attached hydrogens (tertiary/aromatic N) is 1. The Bertz CT molecular complexity index is 3140. The molecule has 0 fully saturated rings. The third-order valence-corrected chi connectivity index (χ3v) is 16.1. The molecular weight excluding hydrogens is 911 g/mol. The van der Waals surface area contributed by atoms with Gasteiger partial charge in [0, 0.05) is 15.5 Å². The number of benzene rings is 9. The highest BCUT2D eigenvalue weighted by molar-refractivity contribution is 7.99. The molecule has 1 heterocycles. The molecule has 0 aromatic heterocycles. The highest BCUT2D eigenvalue weighted by Crippen LogP contribution is 2.53. The van der Waals surface area contributed by atoms with Crippen LogP contribution in [-0.4, -0.2) is 0 Å². The van der Waals surface area contributed by atoms with E-state index >= 15 is 0 Å². The van der Waals surface area contributed by atoms with Crippen LogP contribution >= 0.6 is 11.8 Å². The Hall–Kier alpha value is -6.87. The molecule has 0 aliphatic carbocycles. The van der Waals surface area contributed by atoms with Gasteiger partial charge in [0.1, 0.15) is 0 Å². The number of aryl methyl sites for hydroxylation is 2. The SMILES string of the molecule is Cc1ccc2c(c1)Sc1cc(C)ccc1N2c1cc(-c2cc(-c3ccc(C(C)(C)C)cc3)cc(-c3ccc(C(C)(C)C)cc3)c2)cc(-c2cc(-c3ccc(C(C)(C)C)cc3)cc(-c3ccc(C(C)(C)C)cc3)c2)c1. The molecule has 0 N–H and O–H groups in total. The molecule has 372 valence electrons. The Morgan fingerprint density at radius 1 is 0.257 bits per heavy atom. The Kier molecular flexibility index (Phi) is 13.1. The van der Waals surface area contributed by atoms with Crippen LogP contribution in [0.5, 0.6) is 0 Å². The topological polar surface area (TPSA) is 3.24 Å². The predicted molar refractivity (Wildman–Crippen MR) is 322 cm³/mol. The van der Waals surface area contributed by atoms with Gasteiger partial charge in [-0.1, -0.05) is 204 Å². The lowest BCUT2D eigenvalue weighted by Crippen LogP contribution is -2.15.